The van der Waals surface area contributed by atoms with Crippen LogP contribution < -0.4 is 5.32 Å². The van der Waals surface area contributed by atoms with Crippen LogP contribution in [-0.4, -0.2) is 27.5 Å². The van der Waals surface area contributed by atoms with Crippen LogP contribution >= 0.6 is 11.6 Å². The van der Waals surface area contributed by atoms with Gasteiger partial charge in [0.1, 0.15) is 0 Å². The normalized spacial score (nSPS) is 14.0. The highest BCUT2D eigenvalue weighted by Crippen LogP contribution is 2.39. The Hall–Kier alpha value is -2.65. The van der Waals surface area contributed by atoms with Crippen LogP contribution in [0.15, 0.2) is 36.4 Å². The summed E-state index contributed by atoms with van der Waals surface area (Å²) < 4.78 is 68.6. The third-order valence-corrected chi connectivity index (χ3v) is 4.88. The molecular formula is C20H16ClF5N2O2. The molecule has 0 aliphatic carbocycles. The number of anilines is 1. The van der Waals surface area contributed by atoms with E-state index in [0.29, 0.717) is 16.6 Å². The largest absolute Gasteiger partial charge is 0.503 e. The van der Waals surface area contributed by atoms with Gasteiger partial charge in [0, 0.05) is 27.9 Å². The van der Waals surface area contributed by atoms with Gasteiger partial charge in [-0.2, -0.15) is 13.2 Å². The monoisotopic (exact) mass is 446 g/mol. The van der Waals surface area contributed by atoms with Crippen molar-refractivity contribution in [3.63, 3.8) is 0 Å². The van der Waals surface area contributed by atoms with E-state index in [1.165, 1.54) is 12.1 Å². The van der Waals surface area contributed by atoms with Gasteiger partial charge in [-0.1, -0.05) is 6.07 Å². The second-order valence-corrected chi connectivity index (χ2v) is 6.94. The van der Waals surface area contributed by atoms with E-state index in [4.69, 9.17) is 11.6 Å². The van der Waals surface area contributed by atoms with E-state index in [9.17, 15) is 32.2 Å². The second-order valence-electron chi connectivity index (χ2n) is 6.67. The first-order chi connectivity index (χ1) is 14.0. The van der Waals surface area contributed by atoms with Gasteiger partial charge in [-0.15, -0.1) is 11.6 Å². The lowest BCUT2D eigenvalue weighted by Gasteiger charge is -2.28. The molecule has 2 unspecified atom stereocenters. The lowest BCUT2D eigenvalue weighted by Crippen LogP contribution is -2.38. The molecule has 0 amide bonds. The quantitative estimate of drug-likeness (QED) is 0.365. The van der Waals surface area contributed by atoms with Gasteiger partial charge in [-0.3, -0.25) is 4.98 Å². The molecule has 3 aromatic rings. The van der Waals surface area contributed by atoms with Crippen LogP contribution in [0.5, 0.6) is 5.75 Å². The van der Waals surface area contributed by atoms with Gasteiger partial charge in [-0.25, -0.2) is 8.78 Å². The molecule has 0 aliphatic heterocycles. The van der Waals surface area contributed by atoms with Crippen molar-refractivity contribution in [3.8, 4) is 5.75 Å². The maximum atomic E-state index is 14.6. The van der Waals surface area contributed by atoms with Crippen molar-refractivity contribution in [2.45, 2.75) is 31.1 Å². The average molecular weight is 447 g/mol. The SMILES string of the molecule is Cc1ccc2c(NC(c3cc(CCl)c(F)c(O)c3F)C(O)C(F)(F)F)cccc2n1. The molecule has 0 saturated carbocycles. The van der Waals surface area contributed by atoms with Crippen LogP contribution in [0.2, 0.25) is 0 Å². The molecule has 10 heteroatoms. The number of benzene rings is 2. The molecule has 4 nitrogen and oxygen atoms in total. The average Bonchev–Trinajstić information content (AvgIpc) is 2.69. The standard InChI is InChI=1S/C20H16ClF5N2O2/c1-9-5-6-11-13(27-9)3-2-4-14(11)28-17(19(30)20(24,25)26)12-7-10(8-21)15(22)18(29)16(12)23/h2-7,17,19,28-30H,8H2,1H3. The molecule has 0 radical (unpaired) electrons. The number of aliphatic hydroxyl groups excluding tert-OH is 1. The van der Waals surface area contributed by atoms with E-state index in [2.05, 4.69) is 10.3 Å². The number of aromatic nitrogens is 1. The summed E-state index contributed by atoms with van der Waals surface area (Å²) in [6, 6.07) is 6.48. The zero-order valence-corrected chi connectivity index (χ0v) is 16.2. The maximum absolute atomic E-state index is 14.6. The Morgan fingerprint density at radius 1 is 1.13 bits per heavy atom. The molecule has 3 N–H and O–H groups in total. The molecule has 2 atom stereocenters. The first-order valence-corrected chi connectivity index (χ1v) is 9.21. The fourth-order valence-electron chi connectivity index (χ4n) is 3.09. The van der Waals surface area contributed by atoms with Crippen LogP contribution in [0, 0.1) is 18.6 Å². The Kier molecular flexibility index (Phi) is 6.05. The number of phenols is 1. The Balaban J connectivity index is 2.18. The fourth-order valence-corrected chi connectivity index (χ4v) is 3.28. The lowest BCUT2D eigenvalue weighted by molar-refractivity contribution is -0.208. The number of aryl methyl sites for hydroxylation is 1. The maximum Gasteiger partial charge on any atom is 0.416 e. The van der Waals surface area contributed by atoms with E-state index in [-0.39, 0.29) is 5.69 Å². The zero-order chi connectivity index (χ0) is 22.2. The summed E-state index contributed by atoms with van der Waals surface area (Å²) in [5.74, 6) is -5.01. The molecule has 3 rings (SSSR count). The van der Waals surface area contributed by atoms with E-state index in [1.54, 1.807) is 25.1 Å². The number of nitrogens with zero attached hydrogens (tertiary/aromatic N) is 1. The minimum atomic E-state index is -5.14. The van der Waals surface area contributed by atoms with Crippen molar-refractivity contribution in [1.29, 1.82) is 0 Å². The number of halogens is 6. The number of aromatic hydroxyl groups is 1. The predicted molar refractivity (Wildman–Crippen MR) is 102 cm³/mol. The van der Waals surface area contributed by atoms with Gasteiger partial charge in [0.2, 0.25) is 0 Å². The number of phenolic OH excluding ortho intramolecular Hbond substituents is 1. The second kappa shape index (κ2) is 8.23. The number of rotatable bonds is 5. The molecule has 160 valence electrons. The molecule has 2 aromatic carbocycles. The molecule has 0 bridgehead atoms. The molecule has 0 spiro atoms. The summed E-state index contributed by atoms with van der Waals surface area (Å²) >= 11 is 5.57. The van der Waals surface area contributed by atoms with E-state index in [1.807, 2.05) is 0 Å². The number of pyridine rings is 1. The van der Waals surface area contributed by atoms with E-state index < -0.39 is 52.7 Å². The smallest absolute Gasteiger partial charge is 0.416 e. The molecular weight excluding hydrogens is 431 g/mol. The van der Waals surface area contributed by atoms with Gasteiger partial charge in [-0.05, 0) is 37.3 Å². The van der Waals surface area contributed by atoms with Crippen molar-refractivity contribution in [2.24, 2.45) is 0 Å². The molecule has 30 heavy (non-hydrogen) atoms. The first kappa shape index (κ1) is 22.0. The molecule has 0 saturated heterocycles. The minimum absolute atomic E-state index is 0.129. The highest BCUT2D eigenvalue weighted by atomic mass is 35.5. The van der Waals surface area contributed by atoms with Crippen LogP contribution in [-0.2, 0) is 5.88 Å². The molecule has 1 heterocycles. The Morgan fingerprint density at radius 3 is 2.47 bits per heavy atom. The first-order valence-electron chi connectivity index (χ1n) is 8.68. The topological polar surface area (TPSA) is 65.4 Å². The third-order valence-electron chi connectivity index (χ3n) is 4.59. The van der Waals surface area contributed by atoms with Gasteiger partial charge in [0.25, 0.3) is 0 Å². The van der Waals surface area contributed by atoms with Gasteiger partial charge >= 0.3 is 6.18 Å². The summed E-state index contributed by atoms with van der Waals surface area (Å²) in [7, 11) is 0. The number of fused-ring (bicyclic) bond motifs is 1. The van der Waals surface area contributed by atoms with Crippen LogP contribution in [0.4, 0.5) is 27.6 Å². The zero-order valence-electron chi connectivity index (χ0n) is 15.4. The number of nitrogens with one attached hydrogen (secondary N) is 1. The molecule has 0 fully saturated rings. The van der Waals surface area contributed by atoms with Gasteiger partial charge in [0.15, 0.2) is 23.5 Å². The summed E-state index contributed by atoms with van der Waals surface area (Å²) in [5.41, 5.74) is 0.0641. The van der Waals surface area contributed by atoms with Crippen molar-refractivity contribution >= 4 is 28.2 Å². The highest BCUT2D eigenvalue weighted by molar-refractivity contribution is 6.17. The van der Waals surface area contributed by atoms with Gasteiger partial charge < -0.3 is 15.5 Å². The summed E-state index contributed by atoms with van der Waals surface area (Å²) in [6.45, 7) is 1.74. The van der Waals surface area contributed by atoms with Crippen molar-refractivity contribution in [3.05, 3.63) is 64.9 Å². The number of hydrogen-bond donors (Lipinski definition) is 3. The van der Waals surface area contributed by atoms with Crippen molar-refractivity contribution in [2.75, 3.05) is 5.32 Å². The molecule has 0 aliphatic rings. The van der Waals surface area contributed by atoms with E-state index in [0.717, 1.165) is 6.07 Å². The fraction of sp³-hybridized carbons (Fsp3) is 0.250. The molecule has 1 aromatic heterocycles. The Morgan fingerprint density at radius 2 is 1.83 bits per heavy atom. The summed E-state index contributed by atoms with van der Waals surface area (Å²) in [5, 5.41) is 22.5. The van der Waals surface area contributed by atoms with E-state index >= 15 is 0 Å². The number of hydrogen-bond acceptors (Lipinski definition) is 4. The summed E-state index contributed by atoms with van der Waals surface area (Å²) in [4.78, 5) is 4.27. The van der Waals surface area contributed by atoms with Crippen LogP contribution in [0.25, 0.3) is 10.9 Å². The third kappa shape index (κ3) is 4.13. The number of aliphatic hydroxyl groups is 1. The Bertz CT molecular complexity index is 1090. The van der Waals surface area contributed by atoms with Crippen molar-refractivity contribution < 1.29 is 32.2 Å². The van der Waals surface area contributed by atoms with Gasteiger partial charge in [0.05, 0.1) is 17.4 Å². The van der Waals surface area contributed by atoms with Crippen LogP contribution in [0.3, 0.4) is 0 Å². The minimum Gasteiger partial charge on any atom is -0.503 e. The lowest BCUT2D eigenvalue weighted by atomic mass is 9.96. The summed E-state index contributed by atoms with van der Waals surface area (Å²) in [6.07, 6.45) is -8.22. The Labute approximate surface area is 172 Å². The predicted octanol–water partition coefficient (Wildman–Crippen LogP) is 5.34. The highest BCUT2D eigenvalue weighted by Gasteiger charge is 2.45. The van der Waals surface area contributed by atoms with Crippen LogP contribution in [0.1, 0.15) is 22.9 Å². The van der Waals surface area contributed by atoms with Crippen molar-refractivity contribution in [1.82, 2.24) is 4.98 Å². The number of alkyl halides is 4.